The van der Waals surface area contributed by atoms with Gasteiger partial charge in [0.2, 0.25) is 0 Å². The molecule has 3 saturated heterocycles. The summed E-state index contributed by atoms with van der Waals surface area (Å²) in [5.74, 6) is -0.241. The van der Waals surface area contributed by atoms with Gasteiger partial charge < -0.3 is 29.4 Å². The molecule has 0 aromatic carbocycles. The number of nitrogens with zero attached hydrogens (tertiary/aromatic N) is 4. The van der Waals surface area contributed by atoms with Crippen LogP contribution in [-0.2, 0) is 9.53 Å². The summed E-state index contributed by atoms with van der Waals surface area (Å²) in [7, 11) is 0. The number of aliphatic hydroxyl groups excluding tert-OH is 1. The summed E-state index contributed by atoms with van der Waals surface area (Å²) in [5, 5.41) is 9.46. The second-order valence-electron chi connectivity index (χ2n) is 8.10. The molecule has 8 heteroatoms. The Balaban J connectivity index is 1.40. The lowest BCUT2D eigenvalue weighted by molar-refractivity contribution is -0.142. The van der Waals surface area contributed by atoms with Crippen molar-refractivity contribution in [1.29, 1.82) is 0 Å². The van der Waals surface area contributed by atoms with Crippen LogP contribution in [0.25, 0.3) is 0 Å². The molecule has 0 aliphatic carbocycles. The van der Waals surface area contributed by atoms with Gasteiger partial charge >= 0.3 is 6.09 Å². The summed E-state index contributed by atoms with van der Waals surface area (Å²) in [6.07, 6.45) is 1.06. The summed E-state index contributed by atoms with van der Waals surface area (Å²) >= 11 is 0. The topological polar surface area (TPSA) is 76.6 Å². The number of piperazine rings is 1. The average molecular weight is 383 g/mol. The van der Waals surface area contributed by atoms with Crippen molar-refractivity contribution in [1.82, 2.24) is 19.6 Å². The third kappa shape index (κ3) is 4.92. The highest BCUT2D eigenvalue weighted by molar-refractivity contribution is 5.80. The van der Waals surface area contributed by atoms with Crippen molar-refractivity contribution in [3.63, 3.8) is 0 Å². The number of carbonyl (C=O) groups excluding carboxylic acids is 2. The summed E-state index contributed by atoms with van der Waals surface area (Å²) in [6.45, 7) is 12.7. The van der Waals surface area contributed by atoms with E-state index >= 15 is 0 Å². The largest absolute Gasteiger partial charge is 0.441 e. The van der Waals surface area contributed by atoms with Gasteiger partial charge in [-0.1, -0.05) is 6.92 Å². The van der Waals surface area contributed by atoms with Crippen molar-refractivity contribution >= 4 is 12.0 Å². The first kappa shape index (κ1) is 20.4. The van der Waals surface area contributed by atoms with Crippen molar-refractivity contribution in [2.45, 2.75) is 44.8 Å². The van der Waals surface area contributed by atoms with Crippen LogP contribution in [0.15, 0.2) is 0 Å². The van der Waals surface area contributed by atoms with Gasteiger partial charge in [-0.25, -0.2) is 4.79 Å². The summed E-state index contributed by atoms with van der Waals surface area (Å²) in [4.78, 5) is 32.6. The zero-order valence-electron chi connectivity index (χ0n) is 16.7. The predicted molar refractivity (Wildman–Crippen MR) is 101 cm³/mol. The highest BCUT2D eigenvalue weighted by Crippen LogP contribution is 2.33. The molecule has 1 spiro atoms. The molecule has 8 nitrogen and oxygen atoms in total. The molecule has 3 heterocycles. The van der Waals surface area contributed by atoms with E-state index in [0.29, 0.717) is 32.5 Å². The van der Waals surface area contributed by atoms with Crippen LogP contribution in [0, 0.1) is 0 Å². The molecule has 3 rings (SSSR count). The van der Waals surface area contributed by atoms with Crippen LogP contribution >= 0.6 is 0 Å². The maximum absolute atomic E-state index is 12.3. The molecule has 0 radical (unpaired) electrons. The number of hydrogen-bond donors (Lipinski definition) is 1. The van der Waals surface area contributed by atoms with E-state index in [4.69, 9.17) is 4.74 Å². The molecule has 154 valence electrons. The van der Waals surface area contributed by atoms with E-state index in [-0.39, 0.29) is 12.0 Å². The van der Waals surface area contributed by atoms with Crippen LogP contribution in [-0.4, -0.2) is 114 Å². The minimum atomic E-state index is -0.971. The number of aliphatic hydroxyl groups is 1. The number of rotatable bonds is 6. The normalized spacial score (nSPS) is 25.1. The number of carbonyl (C=O) groups is 2. The Hall–Kier alpha value is -1.38. The quantitative estimate of drug-likeness (QED) is 0.708. The third-order valence-corrected chi connectivity index (χ3v) is 6.20. The Morgan fingerprint density at radius 3 is 2.33 bits per heavy atom. The number of likely N-dealkylation sites (tertiary alicyclic amines) is 1. The van der Waals surface area contributed by atoms with Crippen molar-refractivity contribution in [3.05, 3.63) is 0 Å². The van der Waals surface area contributed by atoms with E-state index in [1.807, 2.05) is 4.90 Å². The first-order valence-corrected chi connectivity index (χ1v) is 10.3. The lowest BCUT2D eigenvalue weighted by Gasteiger charge is -2.37. The predicted octanol–water partition coefficient (Wildman–Crippen LogP) is 0.208. The molecule has 0 aromatic heterocycles. The van der Waals surface area contributed by atoms with Gasteiger partial charge in [0, 0.05) is 58.7 Å². The monoisotopic (exact) mass is 382 g/mol. The van der Waals surface area contributed by atoms with Crippen molar-refractivity contribution in [2.75, 3.05) is 65.4 Å². The number of hydrogen-bond acceptors (Lipinski definition) is 6. The molecule has 1 unspecified atom stereocenters. The Labute approximate surface area is 162 Å². The fourth-order valence-corrected chi connectivity index (χ4v) is 4.34. The zero-order valence-corrected chi connectivity index (χ0v) is 16.7. The first-order valence-electron chi connectivity index (χ1n) is 10.3. The lowest BCUT2D eigenvalue weighted by atomic mass is 9.91. The van der Waals surface area contributed by atoms with Crippen LogP contribution < -0.4 is 0 Å². The number of likely N-dealkylation sites (N-methyl/N-ethyl adjacent to an activating group) is 1. The molecular formula is C19H34N4O4. The molecule has 3 aliphatic heterocycles. The van der Waals surface area contributed by atoms with Crippen LogP contribution in [0.4, 0.5) is 4.79 Å². The van der Waals surface area contributed by atoms with E-state index in [0.717, 1.165) is 52.2 Å². The van der Waals surface area contributed by atoms with Gasteiger partial charge in [-0.05, 0) is 26.4 Å². The van der Waals surface area contributed by atoms with E-state index in [2.05, 4.69) is 16.7 Å². The molecule has 0 aromatic rings. The van der Waals surface area contributed by atoms with Crippen LogP contribution in [0.2, 0.25) is 0 Å². The Bertz CT molecular complexity index is 526. The van der Waals surface area contributed by atoms with Crippen LogP contribution in [0.3, 0.4) is 0 Å². The lowest BCUT2D eigenvalue weighted by Crippen LogP contribution is -2.50. The van der Waals surface area contributed by atoms with Crippen molar-refractivity contribution in [2.24, 2.45) is 0 Å². The maximum Gasteiger partial charge on any atom is 0.410 e. The van der Waals surface area contributed by atoms with Gasteiger partial charge in [-0.2, -0.15) is 0 Å². The van der Waals surface area contributed by atoms with E-state index in [1.54, 1.807) is 4.90 Å². The van der Waals surface area contributed by atoms with Gasteiger partial charge in [-0.3, -0.25) is 4.79 Å². The SMILES string of the molecule is CCN1CCN(CCCN2CC3(CCN(C(=O)C(C)O)CC3)OC2=O)CC1. The molecule has 27 heavy (non-hydrogen) atoms. The highest BCUT2D eigenvalue weighted by Gasteiger charge is 2.47. The molecule has 2 amide bonds. The molecule has 3 aliphatic rings. The molecule has 1 N–H and O–H groups in total. The van der Waals surface area contributed by atoms with Gasteiger partial charge in [0.05, 0.1) is 6.54 Å². The maximum atomic E-state index is 12.3. The fraction of sp³-hybridized carbons (Fsp3) is 0.895. The number of piperidine rings is 1. The molecule has 0 bridgehead atoms. The first-order chi connectivity index (χ1) is 12.9. The standard InChI is InChI=1S/C19H34N4O4/c1-3-20-11-13-21(14-12-20)7-4-8-23-15-19(27-18(23)26)5-9-22(10-6-19)17(25)16(2)24/h16,24H,3-15H2,1-2H3. The summed E-state index contributed by atoms with van der Waals surface area (Å²) in [6, 6.07) is 0. The molecule has 3 fully saturated rings. The zero-order chi connectivity index (χ0) is 19.4. The van der Waals surface area contributed by atoms with Crippen LogP contribution in [0.1, 0.15) is 33.1 Å². The smallest absolute Gasteiger partial charge is 0.410 e. The van der Waals surface area contributed by atoms with E-state index in [9.17, 15) is 14.7 Å². The average Bonchev–Trinajstić information content (AvgIpc) is 2.97. The van der Waals surface area contributed by atoms with Gasteiger partial charge in [-0.15, -0.1) is 0 Å². The minimum absolute atomic E-state index is 0.221. The Morgan fingerprint density at radius 1 is 1.11 bits per heavy atom. The summed E-state index contributed by atoms with van der Waals surface area (Å²) in [5.41, 5.74) is -0.459. The van der Waals surface area contributed by atoms with Gasteiger partial charge in [0.25, 0.3) is 5.91 Å². The van der Waals surface area contributed by atoms with E-state index < -0.39 is 11.7 Å². The summed E-state index contributed by atoms with van der Waals surface area (Å²) < 4.78 is 5.73. The van der Waals surface area contributed by atoms with Crippen LogP contribution in [0.5, 0.6) is 0 Å². The molecular weight excluding hydrogens is 348 g/mol. The van der Waals surface area contributed by atoms with Crippen molar-refractivity contribution < 1.29 is 19.4 Å². The minimum Gasteiger partial charge on any atom is -0.441 e. The fourth-order valence-electron chi connectivity index (χ4n) is 4.34. The Morgan fingerprint density at radius 2 is 1.74 bits per heavy atom. The second kappa shape index (κ2) is 8.75. The van der Waals surface area contributed by atoms with Gasteiger partial charge in [0.15, 0.2) is 0 Å². The molecule has 0 saturated carbocycles. The van der Waals surface area contributed by atoms with Crippen molar-refractivity contribution in [3.8, 4) is 0 Å². The highest BCUT2D eigenvalue weighted by atomic mass is 16.6. The second-order valence-corrected chi connectivity index (χ2v) is 8.10. The Kier molecular flexibility index (Phi) is 6.60. The third-order valence-electron chi connectivity index (χ3n) is 6.20. The van der Waals surface area contributed by atoms with E-state index in [1.165, 1.54) is 6.92 Å². The number of amides is 2. The molecule has 1 atom stereocenters. The number of ether oxygens (including phenoxy) is 1. The van der Waals surface area contributed by atoms with Gasteiger partial charge in [0.1, 0.15) is 11.7 Å².